The Labute approximate surface area is 132 Å². The highest BCUT2D eigenvalue weighted by molar-refractivity contribution is 6.16. The van der Waals surface area contributed by atoms with Gasteiger partial charge in [0.15, 0.2) is 0 Å². The van der Waals surface area contributed by atoms with Crippen LogP contribution in [0.2, 0.25) is 0 Å². The largest absolute Gasteiger partial charge is 0.394 e. The van der Waals surface area contributed by atoms with Gasteiger partial charge in [0.25, 0.3) is 0 Å². The van der Waals surface area contributed by atoms with E-state index in [-0.39, 0.29) is 6.42 Å². The Morgan fingerprint density at radius 1 is 1.00 bits per heavy atom. The highest BCUT2D eigenvalue weighted by Gasteiger charge is 2.41. The molecule has 1 aliphatic heterocycles. The molecule has 2 rings (SSSR count). The highest BCUT2D eigenvalue weighted by Crippen LogP contribution is 2.19. The fourth-order valence-electron chi connectivity index (χ4n) is 2.35. The van der Waals surface area contributed by atoms with E-state index in [4.69, 9.17) is 4.74 Å². The van der Waals surface area contributed by atoms with E-state index in [9.17, 15) is 24.6 Å². The van der Waals surface area contributed by atoms with E-state index in [1.54, 1.807) is 24.3 Å². The molecular formula is C15H18N2O6. The summed E-state index contributed by atoms with van der Waals surface area (Å²) in [6.07, 6.45) is -1.66. The molecule has 4 amide bonds. The first kappa shape index (κ1) is 17.1. The Kier molecular flexibility index (Phi) is 5.80. The van der Waals surface area contributed by atoms with Gasteiger partial charge in [-0.15, -0.1) is 0 Å². The van der Waals surface area contributed by atoms with Crippen LogP contribution in [-0.2, 0) is 20.7 Å². The number of aliphatic hydroxyl groups is 2. The monoisotopic (exact) mass is 322 g/mol. The summed E-state index contributed by atoms with van der Waals surface area (Å²) in [4.78, 5) is 35.2. The first-order chi connectivity index (χ1) is 11.0. The van der Waals surface area contributed by atoms with Crippen molar-refractivity contribution in [3.05, 3.63) is 35.9 Å². The molecule has 4 N–H and O–H groups in total. The van der Waals surface area contributed by atoms with E-state index in [1.165, 1.54) is 0 Å². The van der Waals surface area contributed by atoms with Crippen LogP contribution >= 0.6 is 0 Å². The molecule has 1 unspecified atom stereocenters. The van der Waals surface area contributed by atoms with Crippen LogP contribution in [0.1, 0.15) is 5.56 Å². The van der Waals surface area contributed by atoms with Crippen LogP contribution < -0.4 is 10.6 Å². The van der Waals surface area contributed by atoms with Gasteiger partial charge < -0.3 is 14.9 Å². The smallest absolute Gasteiger partial charge is 0.328 e. The second-order valence-corrected chi connectivity index (χ2v) is 5.14. The number of barbiturate groups is 1. The van der Waals surface area contributed by atoms with Gasteiger partial charge in [-0.3, -0.25) is 20.2 Å². The van der Waals surface area contributed by atoms with Gasteiger partial charge in [-0.2, -0.15) is 0 Å². The third-order valence-electron chi connectivity index (χ3n) is 3.46. The van der Waals surface area contributed by atoms with Crippen molar-refractivity contribution in [1.82, 2.24) is 10.6 Å². The van der Waals surface area contributed by atoms with E-state index >= 15 is 0 Å². The fourth-order valence-corrected chi connectivity index (χ4v) is 2.35. The molecule has 8 heteroatoms. The van der Waals surface area contributed by atoms with Crippen LogP contribution in [-0.4, -0.2) is 53.5 Å². The quantitative estimate of drug-likeness (QED) is 0.475. The molecule has 0 aromatic heterocycles. The SMILES string of the molecule is O=C1NC(=O)C(C(Cc2ccccc2)OC(CO)CO)C(=O)N1. The highest BCUT2D eigenvalue weighted by atomic mass is 16.5. The minimum absolute atomic E-state index is 0.205. The maximum absolute atomic E-state index is 12.0. The number of imide groups is 2. The minimum Gasteiger partial charge on any atom is -0.394 e. The number of amides is 4. The van der Waals surface area contributed by atoms with Gasteiger partial charge in [0.1, 0.15) is 12.0 Å². The van der Waals surface area contributed by atoms with Crippen molar-refractivity contribution in [2.45, 2.75) is 18.6 Å². The minimum atomic E-state index is -1.26. The summed E-state index contributed by atoms with van der Waals surface area (Å²) < 4.78 is 5.54. The second-order valence-electron chi connectivity index (χ2n) is 5.14. The predicted molar refractivity (Wildman–Crippen MR) is 78.2 cm³/mol. The van der Waals surface area contributed by atoms with Crippen LogP contribution in [0.25, 0.3) is 0 Å². The van der Waals surface area contributed by atoms with Crippen molar-refractivity contribution in [3.8, 4) is 0 Å². The molecule has 0 radical (unpaired) electrons. The molecule has 0 saturated carbocycles. The van der Waals surface area contributed by atoms with Crippen LogP contribution in [0.15, 0.2) is 30.3 Å². The van der Waals surface area contributed by atoms with Crippen LogP contribution in [0, 0.1) is 5.92 Å². The van der Waals surface area contributed by atoms with E-state index in [2.05, 4.69) is 0 Å². The summed E-state index contributed by atoms with van der Waals surface area (Å²) in [5, 5.41) is 22.4. The number of benzene rings is 1. The molecular weight excluding hydrogens is 304 g/mol. The Bertz CT molecular complexity index is 553. The summed E-state index contributed by atoms with van der Waals surface area (Å²) in [7, 11) is 0. The molecule has 1 aliphatic rings. The molecule has 1 fully saturated rings. The molecule has 8 nitrogen and oxygen atoms in total. The van der Waals surface area contributed by atoms with E-state index in [1.807, 2.05) is 16.7 Å². The molecule has 1 saturated heterocycles. The van der Waals surface area contributed by atoms with Crippen LogP contribution in [0.5, 0.6) is 0 Å². The van der Waals surface area contributed by atoms with E-state index < -0.39 is 49.2 Å². The Morgan fingerprint density at radius 3 is 2.09 bits per heavy atom. The fraction of sp³-hybridized carbons (Fsp3) is 0.400. The van der Waals surface area contributed by atoms with Crippen molar-refractivity contribution in [2.24, 2.45) is 5.92 Å². The van der Waals surface area contributed by atoms with Crippen molar-refractivity contribution < 1.29 is 29.3 Å². The number of ether oxygens (including phenoxy) is 1. The first-order valence-corrected chi connectivity index (χ1v) is 7.12. The Hall–Kier alpha value is -2.29. The maximum atomic E-state index is 12.0. The van der Waals surface area contributed by atoms with Crippen LogP contribution in [0.3, 0.4) is 0 Å². The molecule has 1 heterocycles. The van der Waals surface area contributed by atoms with Gasteiger partial charge in [-0.05, 0) is 12.0 Å². The summed E-state index contributed by atoms with van der Waals surface area (Å²) in [5.41, 5.74) is 0.810. The number of hydrogen-bond donors (Lipinski definition) is 4. The lowest BCUT2D eigenvalue weighted by Gasteiger charge is -2.30. The van der Waals surface area contributed by atoms with E-state index in [0.717, 1.165) is 5.56 Å². The lowest BCUT2D eigenvalue weighted by molar-refractivity contribution is -0.148. The summed E-state index contributed by atoms with van der Waals surface area (Å²) >= 11 is 0. The number of carbonyl (C=O) groups is 3. The van der Waals surface area contributed by atoms with Gasteiger partial charge in [0.2, 0.25) is 11.8 Å². The number of nitrogens with one attached hydrogen (secondary N) is 2. The number of aliphatic hydroxyl groups excluding tert-OH is 2. The Morgan fingerprint density at radius 2 is 1.57 bits per heavy atom. The molecule has 1 aromatic rings. The normalized spacial score (nSPS) is 17.1. The topological polar surface area (TPSA) is 125 Å². The lowest BCUT2D eigenvalue weighted by atomic mass is 9.93. The second kappa shape index (κ2) is 7.82. The van der Waals surface area contributed by atoms with Gasteiger partial charge >= 0.3 is 6.03 Å². The summed E-state index contributed by atoms with van der Waals surface area (Å²) in [5.74, 6) is -2.79. The third kappa shape index (κ3) is 4.35. The predicted octanol–water partition coefficient (Wildman–Crippen LogP) is -1.05. The number of urea groups is 1. The van der Waals surface area contributed by atoms with Crippen molar-refractivity contribution in [3.63, 3.8) is 0 Å². The molecule has 1 aromatic carbocycles. The van der Waals surface area contributed by atoms with Crippen molar-refractivity contribution in [2.75, 3.05) is 13.2 Å². The number of rotatable bonds is 7. The zero-order chi connectivity index (χ0) is 16.8. The molecule has 1 atom stereocenters. The van der Waals surface area contributed by atoms with Crippen molar-refractivity contribution >= 4 is 17.8 Å². The van der Waals surface area contributed by atoms with Gasteiger partial charge in [-0.25, -0.2) is 4.79 Å². The molecule has 0 bridgehead atoms. The first-order valence-electron chi connectivity index (χ1n) is 7.12. The Balaban J connectivity index is 2.23. The maximum Gasteiger partial charge on any atom is 0.328 e. The third-order valence-corrected chi connectivity index (χ3v) is 3.46. The standard InChI is InChI=1S/C15H18N2O6/c18-7-10(8-19)23-11(6-9-4-2-1-3-5-9)12-13(20)16-15(22)17-14(12)21/h1-5,10-12,18-19H,6-8H2,(H2,16,17,20,21,22). The molecule has 0 spiro atoms. The summed E-state index contributed by atoms with van der Waals surface area (Å²) in [6.45, 7) is -0.923. The average Bonchev–Trinajstić information content (AvgIpc) is 2.52. The number of carbonyl (C=O) groups excluding carboxylic acids is 3. The summed E-state index contributed by atoms with van der Waals surface area (Å²) in [6, 6.07) is 8.14. The molecule has 124 valence electrons. The zero-order valence-corrected chi connectivity index (χ0v) is 12.3. The van der Waals surface area contributed by atoms with Crippen molar-refractivity contribution in [1.29, 1.82) is 0 Å². The molecule has 0 aliphatic carbocycles. The van der Waals surface area contributed by atoms with E-state index in [0.29, 0.717) is 0 Å². The van der Waals surface area contributed by atoms with Gasteiger partial charge in [0.05, 0.1) is 19.3 Å². The average molecular weight is 322 g/mol. The van der Waals surface area contributed by atoms with Crippen LogP contribution in [0.4, 0.5) is 4.79 Å². The van der Waals surface area contributed by atoms with Gasteiger partial charge in [-0.1, -0.05) is 30.3 Å². The zero-order valence-electron chi connectivity index (χ0n) is 12.3. The molecule has 23 heavy (non-hydrogen) atoms. The van der Waals surface area contributed by atoms with Gasteiger partial charge in [0, 0.05) is 0 Å². The lowest BCUT2D eigenvalue weighted by Crippen LogP contribution is -2.60. The number of hydrogen-bond acceptors (Lipinski definition) is 6.